The van der Waals surface area contributed by atoms with Gasteiger partial charge in [-0.15, -0.1) is 0 Å². The Morgan fingerprint density at radius 2 is 2.00 bits per heavy atom. The van der Waals surface area contributed by atoms with E-state index < -0.39 is 5.60 Å². The van der Waals surface area contributed by atoms with Gasteiger partial charge in [0.05, 0.1) is 20.8 Å². The van der Waals surface area contributed by atoms with Gasteiger partial charge in [0.25, 0.3) is 0 Å². The number of ether oxygens (including phenoxy) is 3. The summed E-state index contributed by atoms with van der Waals surface area (Å²) < 4.78 is 16.1. The van der Waals surface area contributed by atoms with E-state index in [0.717, 1.165) is 5.56 Å². The minimum absolute atomic E-state index is 0.0743. The Hall–Kier alpha value is -1.75. The maximum atomic E-state index is 11.1. The van der Waals surface area contributed by atoms with Gasteiger partial charge in [-0.25, -0.2) is 0 Å². The third-order valence-corrected chi connectivity index (χ3v) is 3.14. The van der Waals surface area contributed by atoms with E-state index in [1.165, 1.54) is 0 Å². The van der Waals surface area contributed by atoms with Gasteiger partial charge in [0.15, 0.2) is 11.5 Å². The van der Waals surface area contributed by atoms with E-state index in [4.69, 9.17) is 14.2 Å². The summed E-state index contributed by atoms with van der Waals surface area (Å²) in [6.45, 7) is 2.46. The highest BCUT2D eigenvalue weighted by Gasteiger charge is 2.33. The predicted octanol–water partition coefficient (Wildman–Crippen LogP) is 1.07. The normalized spacial score (nSPS) is 23.4. The molecule has 2 rings (SSSR count). The Bertz CT molecular complexity index is 448. The molecule has 1 N–H and O–H groups in total. The van der Waals surface area contributed by atoms with Gasteiger partial charge in [0.2, 0.25) is 5.91 Å². The van der Waals surface area contributed by atoms with Crippen molar-refractivity contribution in [2.75, 3.05) is 27.4 Å². The number of hydrogen-bond acceptors (Lipinski definition) is 4. The SMILES string of the molecule is COc1ccc(C2(C)CNC(=O)CO2)cc1OC. The number of carbonyl (C=O) groups is 1. The van der Waals surface area contributed by atoms with Gasteiger partial charge >= 0.3 is 0 Å². The van der Waals surface area contributed by atoms with Crippen LogP contribution in [0.1, 0.15) is 12.5 Å². The first kappa shape index (κ1) is 12.7. The maximum absolute atomic E-state index is 11.1. The topological polar surface area (TPSA) is 56.8 Å². The van der Waals surface area contributed by atoms with E-state index in [0.29, 0.717) is 18.0 Å². The Morgan fingerprint density at radius 1 is 1.28 bits per heavy atom. The molecule has 1 aromatic rings. The molecule has 1 amide bonds. The van der Waals surface area contributed by atoms with Gasteiger partial charge in [-0.05, 0) is 24.6 Å². The molecule has 0 spiro atoms. The van der Waals surface area contributed by atoms with Gasteiger partial charge in [-0.1, -0.05) is 6.07 Å². The molecule has 1 aliphatic heterocycles. The fraction of sp³-hybridized carbons (Fsp3) is 0.462. The highest BCUT2D eigenvalue weighted by atomic mass is 16.5. The Kier molecular flexibility index (Phi) is 3.43. The van der Waals surface area contributed by atoms with E-state index in [1.807, 2.05) is 25.1 Å². The average molecular weight is 251 g/mol. The molecule has 1 heterocycles. The molecule has 0 saturated carbocycles. The summed E-state index contributed by atoms with van der Waals surface area (Å²) in [4.78, 5) is 11.1. The van der Waals surface area contributed by atoms with Gasteiger partial charge in [-0.2, -0.15) is 0 Å². The number of nitrogens with one attached hydrogen (secondary N) is 1. The number of carbonyl (C=O) groups excluding carboxylic acids is 1. The largest absolute Gasteiger partial charge is 0.493 e. The first-order valence-electron chi connectivity index (χ1n) is 5.72. The van der Waals surface area contributed by atoms with Crippen molar-refractivity contribution in [3.8, 4) is 11.5 Å². The fourth-order valence-corrected chi connectivity index (χ4v) is 1.94. The Morgan fingerprint density at radius 3 is 2.56 bits per heavy atom. The van der Waals surface area contributed by atoms with Crippen LogP contribution in [0.5, 0.6) is 11.5 Å². The molecule has 5 nitrogen and oxygen atoms in total. The van der Waals surface area contributed by atoms with Crippen molar-refractivity contribution >= 4 is 5.91 Å². The Labute approximate surface area is 106 Å². The average Bonchev–Trinajstić information content (AvgIpc) is 2.41. The number of rotatable bonds is 3. The van der Waals surface area contributed by atoms with E-state index >= 15 is 0 Å². The van der Waals surface area contributed by atoms with Crippen LogP contribution in [0.25, 0.3) is 0 Å². The lowest BCUT2D eigenvalue weighted by Gasteiger charge is -2.34. The molecule has 5 heteroatoms. The van der Waals surface area contributed by atoms with Crippen LogP contribution in [-0.4, -0.2) is 33.3 Å². The smallest absolute Gasteiger partial charge is 0.246 e. The number of hydrogen-bond donors (Lipinski definition) is 1. The van der Waals surface area contributed by atoms with Gasteiger partial charge in [-0.3, -0.25) is 4.79 Å². The molecule has 0 radical (unpaired) electrons. The van der Waals surface area contributed by atoms with Crippen LogP contribution in [0.15, 0.2) is 18.2 Å². The fourth-order valence-electron chi connectivity index (χ4n) is 1.94. The minimum atomic E-state index is -0.534. The van der Waals surface area contributed by atoms with Gasteiger partial charge in [0, 0.05) is 0 Å². The predicted molar refractivity (Wildman–Crippen MR) is 65.9 cm³/mol. The second kappa shape index (κ2) is 4.86. The third kappa shape index (κ3) is 2.26. The standard InChI is InChI=1S/C13H17NO4/c1-13(8-14-12(15)7-18-13)9-4-5-10(16-2)11(6-9)17-3/h4-6H,7-8H2,1-3H3,(H,14,15). The Balaban J connectivity index is 2.30. The molecule has 1 aromatic carbocycles. The van der Waals surface area contributed by atoms with Crippen molar-refractivity contribution in [3.63, 3.8) is 0 Å². The molecule has 0 aliphatic carbocycles. The molecular weight excluding hydrogens is 234 g/mol. The highest BCUT2D eigenvalue weighted by molar-refractivity contribution is 5.78. The summed E-state index contributed by atoms with van der Waals surface area (Å²) in [7, 11) is 3.18. The van der Waals surface area contributed by atoms with Gasteiger partial charge in [0.1, 0.15) is 12.2 Å². The number of benzene rings is 1. The van der Waals surface area contributed by atoms with E-state index in [1.54, 1.807) is 14.2 Å². The van der Waals surface area contributed by atoms with Crippen molar-refractivity contribution in [3.05, 3.63) is 23.8 Å². The zero-order chi connectivity index (χ0) is 13.2. The third-order valence-electron chi connectivity index (χ3n) is 3.14. The number of amides is 1. The van der Waals surface area contributed by atoms with Crippen molar-refractivity contribution < 1.29 is 19.0 Å². The lowest BCUT2D eigenvalue weighted by Crippen LogP contribution is -2.48. The number of morpholine rings is 1. The molecule has 1 saturated heterocycles. The summed E-state index contributed by atoms with van der Waals surface area (Å²) in [5.41, 5.74) is 0.410. The van der Waals surface area contributed by atoms with Crippen LogP contribution in [0, 0.1) is 0 Å². The maximum Gasteiger partial charge on any atom is 0.246 e. The number of methoxy groups -OCH3 is 2. The monoisotopic (exact) mass is 251 g/mol. The van der Waals surface area contributed by atoms with E-state index in [9.17, 15) is 4.79 Å². The van der Waals surface area contributed by atoms with Crippen molar-refractivity contribution in [2.24, 2.45) is 0 Å². The molecule has 1 unspecified atom stereocenters. The van der Waals surface area contributed by atoms with Crippen LogP contribution >= 0.6 is 0 Å². The second-order valence-corrected chi connectivity index (χ2v) is 4.37. The quantitative estimate of drug-likeness (QED) is 0.873. The molecule has 0 bridgehead atoms. The first-order valence-corrected chi connectivity index (χ1v) is 5.72. The molecule has 1 aliphatic rings. The molecule has 0 aromatic heterocycles. The first-order chi connectivity index (χ1) is 8.59. The lowest BCUT2D eigenvalue weighted by molar-refractivity contribution is -0.142. The van der Waals surface area contributed by atoms with Crippen LogP contribution in [0.2, 0.25) is 0 Å². The molecule has 18 heavy (non-hydrogen) atoms. The summed E-state index contributed by atoms with van der Waals surface area (Å²) >= 11 is 0. The van der Waals surface area contributed by atoms with Gasteiger partial charge < -0.3 is 19.5 Å². The highest BCUT2D eigenvalue weighted by Crippen LogP contribution is 2.34. The van der Waals surface area contributed by atoms with Crippen molar-refractivity contribution in [2.45, 2.75) is 12.5 Å². The van der Waals surface area contributed by atoms with E-state index in [-0.39, 0.29) is 12.5 Å². The van der Waals surface area contributed by atoms with Crippen LogP contribution < -0.4 is 14.8 Å². The molecule has 1 atom stereocenters. The second-order valence-electron chi connectivity index (χ2n) is 4.37. The van der Waals surface area contributed by atoms with Crippen LogP contribution in [0.4, 0.5) is 0 Å². The summed E-state index contributed by atoms with van der Waals surface area (Å²) in [6, 6.07) is 5.62. The zero-order valence-corrected chi connectivity index (χ0v) is 10.8. The summed E-state index contributed by atoms with van der Waals surface area (Å²) in [5.74, 6) is 1.23. The zero-order valence-electron chi connectivity index (χ0n) is 10.8. The van der Waals surface area contributed by atoms with Crippen molar-refractivity contribution in [1.29, 1.82) is 0 Å². The molecule has 98 valence electrons. The summed E-state index contributed by atoms with van der Waals surface area (Å²) in [6.07, 6.45) is 0. The van der Waals surface area contributed by atoms with Crippen molar-refractivity contribution in [1.82, 2.24) is 5.32 Å². The molecular formula is C13H17NO4. The summed E-state index contributed by atoms with van der Waals surface area (Å²) in [5, 5.41) is 2.80. The van der Waals surface area contributed by atoms with Crippen LogP contribution in [0.3, 0.4) is 0 Å². The van der Waals surface area contributed by atoms with E-state index in [2.05, 4.69) is 5.32 Å². The minimum Gasteiger partial charge on any atom is -0.493 e. The lowest BCUT2D eigenvalue weighted by atomic mass is 9.94. The van der Waals surface area contributed by atoms with Crippen LogP contribution in [-0.2, 0) is 15.1 Å². The molecule has 1 fully saturated rings.